The minimum Gasteiger partial charge on any atom is -0.383 e. The van der Waals surface area contributed by atoms with E-state index in [2.05, 4.69) is 5.32 Å². The second-order valence-corrected chi connectivity index (χ2v) is 9.05. The average Bonchev–Trinajstić information content (AvgIpc) is 2.79. The highest BCUT2D eigenvalue weighted by Crippen LogP contribution is 2.26. The first-order valence-corrected chi connectivity index (χ1v) is 11.4. The van der Waals surface area contributed by atoms with Crippen molar-refractivity contribution in [1.82, 2.24) is 5.32 Å². The van der Waals surface area contributed by atoms with E-state index in [4.69, 9.17) is 4.74 Å². The molecule has 0 saturated heterocycles. The summed E-state index contributed by atoms with van der Waals surface area (Å²) in [4.78, 5) is 12.6. The fourth-order valence-corrected chi connectivity index (χ4v) is 4.68. The summed E-state index contributed by atoms with van der Waals surface area (Å²) in [6, 6.07) is 24.2. The highest BCUT2D eigenvalue weighted by Gasteiger charge is 2.26. The van der Waals surface area contributed by atoms with Crippen LogP contribution in [0.25, 0.3) is 0 Å². The summed E-state index contributed by atoms with van der Waals surface area (Å²) in [6.45, 7) is 2.36. The van der Waals surface area contributed by atoms with Gasteiger partial charge in [0.1, 0.15) is 0 Å². The van der Waals surface area contributed by atoms with Crippen LogP contribution >= 0.6 is 0 Å². The number of anilines is 1. The maximum Gasteiger partial charge on any atom is 0.264 e. The van der Waals surface area contributed by atoms with E-state index >= 15 is 0 Å². The number of methoxy groups -OCH3 is 1. The van der Waals surface area contributed by atoms with Crippen molar-refractivity contribution < 1.29 is 17.9 Å². The smallest absolute Gasteiger partial charge is 0.264 e. The van der Waals surface area contributed by atoms with Gasteiger partial charge >= 0.3 is 0 Å². The lowest BCUT2D eigenvalue weighted by atomic mass is 10.2. The molecular formula is C24H26N2O4S. The minimum absolute atomic E-state index is 0.0549. The Hall–Kier alpha value is -3.16. The molecule has 0 heterocycles. The van der Waals surface area contributed by atoms with Gasteiger partial charge < -0.3 is 10.1 Å². The Labute approximate surface area is 183 Å². The zero-order valence-corrected chi connectivity index (χ0v) is 18.4. The molecule has 3 rings (SSSR count). The van der Waals surface area contributed by atoms with Crippen LogP contribution in [-0.2, 0) is 21.3 Å². The van der Waals surface area contributed by atoms with Crippen LogP contribution in [0.3, 0.4) is 0 Å². The van der Waals surface area contributed by atoms with E-state index < -0.39 is 10.0 Å². The molecule has 0 aromatic heterocycles. The van der Waals surface area contributed by atoms with Gasteiger partial charge in [-0.3, -0.25) is 9.10 Å². The van der Waals surface area contributed by atoms with E-state index in [1.54, 1.807) is 43.5 Å². The Morgan fingerprint density at radius 2 is 1.61 bits per heavy atom. The third-order valence-corrected chi connectivity index (χ3v) is 6.46. The fourth-order valence-electron chi connectivity index (χ4n) is 3.18. The molecule has 0 aliphatic carbocycles. The molecule has 0 aliphatic rings. The van der Waals surface area contributed by atoms with Crippen LogP contribution in [0.15, 0.2) is 89.8 Å². The van der Waals surface area contributed by atoms with Crippen LogP contribution in [0.5, 0.6) is 0 Å². The molecule has 1 unspecified atom stereocenters. The lowest BCUT2D eigenvalue weighted by Crippen LogP contribution is -2.36. The third-order valence-electron chi connectivity index (χ3n) is 4.69. The number of hydrogen-bond donors (Lipinski definition) is 1. The molecule has 0 fully saturated rings. The quantitative estimate of drug-likeness (QED) is 0.551. The predicted octanol–water partition coefficient (Wildman–Crippen LogP) is 3.85. The second kappa shape index (κ2) is 10.2. The number of amides is 1. The summed E-state index contributed by atoms with van der Waals surface area (Å²) in [6.07, 6.45) is 0. The van der Waals surface area contributed by atoms with Crippen LogP contribution in [0.1, 0.15) is 22.8 Å². The molecule has 0 saturated carbocycles. The van der Waals surface area contributed by atoms with E-state index in [0.717, 1.165) is 5.56 Å². The zero-order chi connectivity index (χ0) is 22.3. The van der Waals surface area contributed by atoms with Crippen LogP contribution in [0.2, 0.25) is 0 Å². The SMILES string of the molecule is COCC(C)NC(=O)c1cccc(S(=O)(=O)N(Cc2ccccc2)c2ccccc2)c1. The van der Waals surface area contributed by atoms with Gasteiger partial charge in [-0.05, 0) is 42.8 Å². The van der Waals surface area contributed by atoms with Gasteiger partial charge in [0.2, 0.25) is 0 Å². The van der Waals surface area contributed by atoms with Gasteiger partial charge in [-0.15, -0.1) is 0 Å². The summed E-state index contributed by atoms with van der Waals surface area (Å²) in [5.74, 6) is -0.351. The molecule has 31 heavy (non-hydrogen) atoms. The average molecular weight is 439 g/mol. The Balaban J connectivity index is 1.95. The van der Waals surface area contributed by atoms with Crippen molar-refractivity contribution in [2.75, 3.05) is 18.0 Å². The van der Waals surface area contributed by atoms with E-state index in [9.17, 15) is 13.2 Å². The van der Waals surface area contributed by atoms with E-state index in [0.29, 0.717) is 12.3 Å². The summed E-state index contributed by atoms with van der Waals surface area (Å²) in [5.41, 5.74) is 1.68. The van der Waals surface area contributed by atoms with Gasteiger partial charge in [-0.1, -0.05) is 54.6 Å². The summed E-state index contributed by atoms with van der Waals surface area (Å²) in [7, 11) is -2.36. The Morgan fingerprint density at radius 3 is 2.26 bits per heavy atom. The molecule has 3 aromatic carbocycles. The van der Waals surface area contributed by atoms with E-state index in [-0.39, 0.29) is 29.0 Å². The number of rotatable bonds is 9. The van der Waals surface area contributed by atoms with Gasteiger partial charge in [0.15, 0.2) is 0 Å². The number of ether oxygens (including phenoxy) is 1. The van der Waals surface area contributed by atoms with Gasteiger partial charge in [0.25, 0.3) is 15.9 Å². The molecule has 0 aliphatic heterocycles. The summed E-state index contributed by atoms with van der Waals surface area (Å²) >= 11 is 0. The van der Waals surface area contributed by atoms with Crippen molar-refractivity contribution in [3.05, 3.63) is 96.1 Å². The molecule has 6 nitrogen and oxygen atoms in total. The number of hydrogen-bond acceptors (Lipinski definition) is 4. The summed E-state index contributed by atoms with van der Waals surface area (Å²) in [5, 5.41) is 2.80. The first kappa shape index (κ1) is 22.5. The Kier molecular flexibility index (Phi) is 7.44. The van der Waals surface area contributed by atoms with Gasteiger partial charge in [0, 0.05) is 18.7 Å². The van der Waals surface area contributed by atoms with Crippen LogP contribution in [-0.4, -0.2) is 34.1 Å². The molecule has 162 valence electrons. The molecule has 1 atom stereocenters. The highest BCUT2D eigenvalue weighted by molar-refractivity contribution is 7.92. The number of sulfonamides is 1. The maximum atomic E-state index is 13.6. The Bertz CT molecular complexity index is 1100. The molecule has 7 heteroatoms. The van der Waals surface area contributed by atoms with Crippen molar-refractivity contribution >= 4 is 21.6 Å². The van der Waals surface area contributed by atoms with Crippen molar-refractivity contribution in [2.45, 2.75) is 24.4 Å². The van der Waals surface area contributed by atoms with Crippen LogP contribution in [0, 0.1) is 0 Å². The van der Waals surface area contributed by atoms with Gasteiger partial charge in [-0.25, -0.2) is 8.42 Å². The zero-order valence-electron chi connectivity index (χ0n) is 17.6. The molecule has 0 spiro atoms. The molecule has 1 N–H and O–H groups in total. The predicted molar refractivity (Wildman–Crippen MR) is 121 cm³/mol. The molecule has 3 aromatic rings. The Morgan fingerprint density at radius 1 is 0.968 bits per heavy atom. The molecule has 0 bridgehead atoms. The number of nitrogens with zero attached hydrogens (tertiary/aromatic N) is 1. The highest BCUT2D eigenvalue weighted by atomic mass is 32.2. The fraction of sp³-hybridized carbons (Fsp3) is 0.208. The number of nitrogens with one attached hydrogen (secondary N) is 1. The number of carbonyl (C=O) groups excluding carboxylic acids is 1. The summed E-state index contributed by atoms with van der Waals surface area (Å²) < 4.78 is 33.6. The topological polar surface area (TPSA) is 75.7 Å². The van der Waals surface area contributed by atoms with Gasteiger partial charge in [-0.2, -0.15) is 0 Å². The minimum atomic E-state index is -3.92. The molecular weight excluding hydrogens is 412 g/mol. The monoisotopic (exact) mass is 438 g/mol. The van der Waals surface area contributed by atoms with E-state index in [1.807, 2.05) is 43.3 Å². The maximum absolute atomic E-state index is 13.6. The lowest BCUT2D eigenvalue weighted by Gasteiger charge is -2.25. The van der Waals surface area contributed by atoms with Crippen LogP contribution in [0.4, 0.5) is 5.69 Å². The van der Waals surface area contributed by atoms with Crippen molar-refractivity contribution in [3.8, 4) is 0 Å². The molecule has 1 amide bonds. The number of benzene rings is 3. The third kappa shape index (κ3) is 5.71. The van der Waals surface area contributed by atoms with Crippen molar-refractivity contribution in [2.24, 2.45) is 0 Å². The van der Waals surface area contributed by atoms with Crippen LogP contribution < -0.4 is 9.62 Å². The first-order chi connectivity index (χ1) is 14.9. The number of carbonyl (C=O) groups is 1. The first-order valence-electron chi connectivity index (χ1n) is 9.93. The largest absolute Gasteiger partial charge is 0.383 e. The van der Waals surface area contributed by atoms with Gasteiger partial charge in [0.05, 0.1) is 23.7 Å². The normalized spacial score (nSPS) is 12.2. The van der Waals surface area contributed by atoms with E-state index in [1.165, 1.54) is 16.4 Å². The number of para-hydroxylation sites is 1. The molecule has 0 radical (unpaired) electrons. The second-order valence-electron chi connectivity index (χ2n) is 7.19. The standard InChI is InChI=1S/C24H26N2O4S/c1-19(18-30-2)25-24(27)21-12-9-15-23(16-21)31(28,29)26(22-13-7-4-8-14-22)17-20-10-5-3-6-11-20/h3-16,19H,17-18H2,1-2H3,(H,25,27). The van der Waals surface area contributed by atoms with Crippen molar-refractivity contribution in [3.63, 3.8) is 0 Å². The van der Waals surface area contributed by atoms with Crippen molar-refractivity contribution in [1.29, 1.82) is 0 Å². The lowest BCUT2D eigenvalue weighted by molar-refractivity contribution is 0.0905.